The Balaban J connectivity index is 1.54. The Morgan fingerprint density at radius 3 is 2.62 bits per heavy atom. The molecule has 6 nitrogen and oxygen atoms in total. The van der Waals surface area contributed by atoms with Crippen LogP contribution in [0.25, 0.3) is 0 Å². The van der Waals surface area contributed by atoms with Gasteiger partial charge in [0.25, 0.3) is 5.91 Å². The number of likely N-dealkylation sites (tertiary alicyclic amines) is 1. The molecule has 6 heteroatoms. The molecular formula is C18H21N3O3. The van der Waals surface area contributed by atoms with Gasteiger partial charge < -0.3 is 14.7 Å². The molecule has 3 rings (SSSR count). The van der Waals surface area contributed by atoms with Crippen LogP contribution in [0.2, 0.25) is 0 Å². The fourth-order valence-electron chi connectivity index (χ4n) is 2.82. The largest absolute Gasteiger partial charge is 0.474 e. The maximum atomic E-state index is 12.4. The van der Waals surface area contributed by atoms with E-state index in [0.717, 1.165) is 12.8 Å². The quantitative estimate of drug-likeness (QED) is 0.928. The first-order valence-electron chi connectivity index (χ1n) is 8.11. The molecule has 1 fully saturated rings. The van der Waals surface area contributed by atoms with Crippen molar-refractivity contribution in [2.24, 2.45) is 0 Å². The zero-order valence-electron chi connectivity index (χ0n) is 13.6. The van der Waals surface area contributed by atoms with Crippen LogP contribution in [0.15, 0.2) is 42.6 Å². The van der Waals surface area contributed by atoms with Gasteiger partial charge in [0.15, 0.2) is 6.10 Å². The number of benzene rings is 1. The molecule has 1 saturated heterocycles. The fourth-order valence-corrected chi connectivity index (χ4v) is 2.82. The summed E-state index contributed by atoms with van der Waals surface area (Å²) in [6, 6.07) is 10.7. The van der Waals surface area contributed by atoms with Gasteiger partial charge in [-0.2, -0.15) is 4.98 Å². The van der Waals surface area contributed by atoms with Crippen LogP contribution in [0.5, 0.6) is 5.88 Å². The number of aryl methyl sites for hydroxylation is 1. The molecule has 2 heterocycles. The van der Waals surface area contributed by atoms with Crippen LogP contribution in [-0.2, 0) is 4.79 Å². The lowest BCUT2D eigenvalue weighted by Gasteiger charge is -2.33. The van der Waals surface area contributed by atoms with E-state index in [0.29, 0.717) is 30.4 Å². The third-order valence-electron chi connectivity index (χ3n) is 4.14. The van der Waals surface area contributed by atoms with Crippen molar-refractivity contribution >= 4 is 5.91 Å². The van der Waals surface area contributed by atoms with E-state index >= 15 is 0 Å². The SMILES string of the molecule is Cc1nccc(OC2CCN(C(=O)C(O)c3ccccc3)CC2)n1. The summed E-state index contributed by atoms with van der Waals surface area (Å²) in [4.78, 5) is 22.4. The second-order valence-corrected chi connectivity index (χ2v) is 5.90. The number of carbonyl (C=O) groups excluding carboxylic acids is 1. The third-order valence-corrected chi connectivity index (χ3v) is 4.14. The Bertz CT molecular complexity index is 685. The number of amides is 1. The summed E-state index contributed by atoms with van der Waals surface area (Å²) >= 11 is 0. The molecule has 1 amide bonds. The van der Waals surface area contributed by atoms with Gasteiger partial charge in [-0.3, -0.25) is 4.79 Å². The lowest BCUT2D eigenvalue weighted by Crippen LogP contribution is -2.43. The minimum Gasteiger partial charge on any atom is -0.474 e. The zero-order valence-corrected chi connectivity index (χ0v) is 13.6. The van der Waals surface area contributed by atoms with Crippen LogP contribution >= 0.6 is 0 Å². The van der Waals surface area contributed by atoms with Gasteiger partial charge >= 0.3 is 0 Å². The van der Waals surface area contributed by atoms with Crippen LogP contribution in [-0.4, -0.2) is 45.1 Å². The molecule has 2 aromatic rings. The first-order chi connectivity index (χ1) is 11.6. The minimum atomic E-state index is -1.10. The monoisotopic (exact) mass is 327 g/mol. The molecule has 1 aliphatic rings. The number of aromatic nitrogens is 2. The molecule has 0 radical (unpaired) electrons. The second kappa shape index (κ2) is 7.40. The zero-order chi connectivity index (χ0) is 16.9. The van der Waals surface area contributed by atoms with E-state index in [2.05, 4.69) is 9.97 Å². The van der Waals surface area contributed by atoms with E-state index < -0.39 is 6.10 Å². The summed E-state index contributed by atoms with van der Waals surface area (Å²) in [6.07, 6.45) is 2.03. The van der Waals surface area contributed by atoms with E-state index in [1.807, 2.05) is 25.1 Å². The Kier molecular flexibility index (Phi) is 5.05. The first-order valence-corrected chi connectivity index (χ1v) is 8.11. The molecule has 1 atom stereocenters. The molecule has 1 aromatic heterocycles. The summed E-state index contributed by atoms with van der Waals surface area (Å²) in [5, 5.41) is 10.2. The van der Waals surface area contributed by atoms with Gasteiger partial charge in [-0.1, -0.05) is 30.3 Å². The van der Waals surface area contributed by atoms with Gasteiger partial charge in [0.05, 0.1) is 0 Å². The lowest BCUT2D eigenvalue weighted by atomic mass is 10.0. The molecular weight excluding hydrogens is 306 g/mol. The van der Waals surface area contributed by atoms with Crippen molar-refractivity contribution in [2.75, 3.05) is 13.1 Å². The molecule has 126 valence electrons. The number of hydrogen-bond acceptors (Lipinski definition) is 5. The Hall–Kier alpha value is -2.47. The van der Waals surface area contributed by atoms with Crippen LogP contribution in [0.1, 0.15) is 30.3 Å². The predicted molar refractivity (Wildman–Crippen MR) is 88.4 cm³/mol. The molecule has 0 aliphatic carbocycles. The van der Waals surface area contributed by atoms with E-state index in [1.165, 1.54) is 0 Å². The maximum Gasteiger partial charge on any atom is 0.256 e. The van der Waals surface area contributed by atoms with Crippen molar-refractivity contribution in [2.45, 2.75) is 32.0 Å². The van der Waals surface area contributed by atoms with Gasteiger partial charge in [-0.05, 0) is 12.5 Å². The highest BCUT2D eigenvalue weighted by molar-refractivity contribution is 5.82. The predicted octanol–water partition coefficient (Wildman–Crippen LogP) is 1.89. The van der Waals surface area contributed by atoms with Crippen molar-refractivity contribution in [3.63, 3.8) is 0 Å². The first kappa shape index (κ1) is 16.4. The number of carbonyl (C=O) groups is 1. The number of hydrogen-bond donors (Lipinski definition) is 1. The Morgan fingerprint density at radius 1 is 1.25 bits per heavy atom. The summed E-state index contributed by atoms with van der Waals surface area (Å²) in [7, 11) is 0. The van der Waals surface area contributed by atoms with E-state index in [-0.39, 0.29) is 12.0 Å². The van der Waals surface area contributed by atoms with Crippen LogP contribution in [0.4, 0.5) is 0 Å². The number of ether oxygens (including phenoxy) is 1. The van der Waals surface area contributed by atoms with E-state index in [1.54, 1.807) is 29.3 Å². The van der Waals surface area contributed by atoms with Crippen LogP contribution in [0, 0.1) is 6.92 Å². The summed E-state index contributed by atoms with van der Waals surface area (Å²) in [5.74, 6) is 0.986. The molecule has 24 heavy (non-hydrogen) atoms. The van der Waals surface area contributed by atoms with E-state index in [9.17, 15) is 9.90 Å². The van der Waals surface area contributed by atoms with Gasteiger partial charge in [-0.25, -0.2) is 4.98 Å². The third kappa shape index (κ3) is 3.89. The molecule has 0 bridgehead atoms. The summed E-state index contributed by atoms with van der Waals surface area (Å²) in [5.41, 5.74) is 0.623. The molecule has 0 saturated carbocycles. The van der Waals surface area contributed by atoms with Crippen molar-refractivity contribution < 1.29 is 14.6 Å². The number of aliphatic hydroxyl groups is 1. The highest BCUT2D eigenvalue weighted by Crippen LogP contribution is 2.21. The van der Waals surface area contributed by atoms with Crippen molar-refractivity contribution in [1.82, 2.24) is 14.9 Å². The van der Waals surface area contributed by atoms with Gasteiger partial charge in [0.2, 0.25) is 5.88 Å². The van der Waals surface area contributed by atoms with Crippen LogP contribution < -0.4 is 4.74 Å². The lowest BCUT2D eigenvalue weighted by molar-refractivity contribution is -0.142. The van der Waals surface area contributed by atoms with E-state index in [4.69, 9.17) is 4.74 Å². The van der Waals surface area contributed by atoms with Gasteiger partial charge in [0.1, 0.15) is 11.9 Å². The Labute approximate surface area is 141 Å². The average Bonchev–Trinajstić information content (AvgIpc) is 2.62. The van der Waals surface area contributed by atoms with Gasteiger partial charge in [-0.15, -0.1) is 0 Å². The molecule has 1 aliphatic heterocycles. The summed E-state index contributed by atoms with van der Waals surface area (Å²) < 4.78 is 5.86. The van der Waals surface area contributed by atoms with Gasteiger partial charge in [0, 0.05) is 38.2 Å². The molecule has 1 aromatic carbocycles. The van der Waals surface area contributed by atoms with Crippen molar-refractivity contribution in [3.05, 3.63) is 54.0 Å². The average molecular weight is 327 g/mol. The number of aliphatic hydroxyl groups excluding tert-OH is 1. The molecule has 0 spiro atoms. The maximum absolute atomic E-state index is 12.4. The fraction of sp³-hybridized carbons (Fsp3) is 0.389. The number of piperidine rings is 1. The smallest absolute Gasteiger partial charge is 0.256 e. The Morgan fingerprint density at radius 2 is 1.96 bits per heavy atom. The minimum absolute atomic E-state index is 0.0252. The van der Waals surface area contributed by atoms with Crippen molar-refractivity contribution in [3.8, 4) is 5.88 Å². The summed E-state index contributed by atoms with van der Waals surface area (Å²) in [6.45, 7) is 2.95. The molecule has 1 N–H and O–H groups in total. The van der Waals surface area contributed by atoms with Crippen LogP contribution in [0.3, 0.4) is 0 Å². The normalized spacial score (nSPS) is 16.7. The molecule has 1 unspecified atom stereocenters. The topological polar surface area (TPSA) is 75.5 Å². The standard InChI is InChI=1S/C18H21N3O3/c1-13-19-10-7-16(20-13)24-15-8-11-21(12-9-15)18(23)17(22)14-5-3-2-4-6-14/h2-7,10,15,17,22H,8-9,11-12H2,1H3. The highest BCUT2D eigenvalue weighted by Gasteiger charge is 2.28. The number of rotatable bonds is 4. The highest BCUT2D eigenvalue weighted by atomic mass is 16.5. The second-order valence-electron chi connectivity index (χ2n) is 5.90. The van der Waals surface area contributed by atoms with Crippen molar-refractivity contribution in [1.29, 1.82) is 0 Å². The number of nitrogens with zero attached hydrogens (tertiary/aromatic N) is 3.